The van der Waals surface area contributed by atoms with Crippen molar-refractivity contribution in [1.29, 1.82) is 0 Å². The largest absolute Gasteiger partial charge is 0.416 e. The SMILES string of the molecule is FC(F)(F)c1ccc(-c2cccc3c2CCN(c2ncns2)C3)cc1. The summed E-state index contributed by atoms with van der Waals surface area (Å²) in [6, 6.07) is 11.4. The van der Waals surface area contributed by atoms with E-state index in [4.69, 9.17) is 0 Å². The van der Waals surface area contributed by atoms with E-state index >= 15 is 0 Å². The molecule has 1 aromatic heterocycles. The van der Waals surface area contributed by atoms with Gasteiger partial charge in [-0.2, -0.15) is 17.5 Å². The topological polar surface area (TPSA) is 29.0 Å². The van der Waals surface area contributed by atoms with E-state index in [2.05, 4.69) is 20.3 Å². The minimum Gasteiger partial charge on any atom is -0.342 e. The maximum atomic E-state index is 12.8. The third-order valence-corrected chi connectivity index (χ3v) is 5.14. The first-order chi connectivity index (χ1) is 12.0. The fourth-order valence-corrected chi connectivity index (χ4v) is 3.74. The van der Waals surface area contributed by atoms with Gasteiger partial charge in [0, 0.05) is 24.6 Å². The van der Waals surface area contributed by atoms with E-state index in [9.17, 15) is 13.2 Å². The average molecular weight is 361 g/mol. The Morgan fingerprint density at radius 1 is 1.04 bits per heavy atom. The van der Waals surface area contributed by atoms with Gasteiger partial charge in [0.2, 0.25) is 5.13 Å². The van der Waals surface area contributed by atoms with Gasteiger partial charge in [-0.05, 0) is 40.8 Å². The van der Waals surface area contributed by atoms with Crippen LogP contribution < -0.4 is 4.90 Å². The Morgan fingerprint density at radius 3 is 2.52 bits per heavy atom. The summed E-state index contributed by atoms with van der Waals surface area (Å²) in [6.07, 6.45) is -1.93. The molecule has 0 aliphatic carbocycles. The highest BCUT2D eigenvalue weighted by Crippen LogP contribution is 2.34. The number of benzene rings is 2. The average Bonchev–Trinajstić information content (AvgIpc) is 3.15. The summed E-state index contributed by atoms with van der Waals surface area (Å²) < 4.78 is 42.3. The zero-order valence-corrected chi connectivity index (χ0v) is 13.9. The molecule has 1 aliphatic heterocycles. The predicted molar refractivity (Wildman–Crippen MR) is 91.5 cm³/mol. The summed E-state index contributed by atoms with van der Waals surface area (Å²) in [5.74, 6) is 0. The highest BCUT2D eigenvalue weighted by molar-refractivity contribution is 7.09. The van der Waals surface area contributed by atoms with Crippen LogP contribution in [0.4, 0.5) is 18.3 Å². The lowest BCUT2D eigenvalue weighted by Crippen LogP contribution is -2.30. The lowest BCUT2D eigenvalue weighted by atomic mass is 9.90. The van der Waals surface area contributed by atoms with Gasteiger partial charge in [-0.25, -0.2) is 4.98 Å². The zero-order chi connectivity index (χ0) is 17.4. The molecule has 1 aliphatic rings. The van der Waals surface area contributed by atoms with Crippen molar-refractivity contribution in [1.82, 2.24) is 9.36 Å². The highest BCUT2D eigenvalue weighted by Gasteiger charge is 2.30. The van der Waals surface area contributed by atoms with Gasteiger partial charge in [-0.1, -0.05) is 30.3 Å². The number of rotatable bonds is 2. The summed E-state index contributed by atoms with van der Waals surface area (Å²) in [7, 11) is 0. The van der Waals surface area contributed by atoms with Gasteiger partial charge in [0.25, 0.3) is 0 Å². The molecule has 2 aromatic carbocycles. The summed E-state index contributed by atoms with van der Waals surface area (Å²) in [5.41, 5.74) is 3.57. The molecule has 0 unspecified atom stereocenters. The molecule has 0 amide bonds. The molecule has 0 bridgehead atoms. The molecular weight excluding hydrogens is 347 g/mol. The summed E-state index contributed by atoms with van der Waals surface area (Å²) in [4.78, 5) is 6.43. The number of hydrogen-bond donors (Lipinski definition) is 0. The van der Waals surface area contributed by atoms with Gasteiger partial charge < -0.3 is 4.90 Å². The van der Waals surface area contributed by atoms with E-state index in [1.54, 1.807) is 18.5 Å². The molecule has 0 atom stereocenters. The van der Waals surface area contributed by atoms with Gasteiger partial charge >= 0.3 is 6.18 Å². The first-order valence-corrected chi connectivity index (χ1v) is 8.60. The molecule has 4 rings (SSSR count). The number of anilines is 1. The van der Waals surface area contributed by atoms with Crippen LogP contribution >= 0.6 is 11.5 Å². The molecule has 0 saturated heterocycles. The smallest absolute Gasteiger partial charge is 0.342 e. The van der Waals surface area contributed by atoms with Crippen LogP contribution in [-0.2, 0) is 19.1 Å². The molecule has 3 nitrogen and oxygen atoms in total. The first-order valence-electron chi connectivity index (χ1n) is 7.82. The van der Waals surface area contributed by atoms with E-state index in [1.807, 2.05) is 12.1 Å². The van der Waals surface area contributed by atoms with Crippen molar-refractivity contribution < 1.29 is 13.2 Å². The van der Waals surface area contributed by atoms with E-state index in [0.29, 0.717) is 0 Å². The van der Waals surface area contributed by atoms with Crippen LogP contribution in [-0.4, -0.2) is 15.9 Å². The second kappa shape index (κ2) is 6.15. The second-order valence-corrected chi connectivity index (χ2v) is 6.67. The zero-order valence-electron chi connectivity index (χ0n) is 13.1. The lowest BCUT2D eigenvalue weighted by Gasteiger charge is -2.29. The molecule has 0 saturated carbocycles. The van der Waals surface area contributed by atoms with E-state index in [1.165, 1.54) is 22.7 Å². The van der Waals surface area contributed by atoms with Gasteiger partial charge in [0.05, 0.1) is 5.56 Å². The van der Waals surface area contributed by atoms with Crippen LogP contribution in [0.2, 0.25) is 0 Å². The van der Waals surface area contributed by atoms with Crippen LogP contribution in [0.5, 0.6) is 0 Å². The second-order valence-electron chi connectivity index (χ2n) is 5.91. The van der Waals surface area contributed by atoms with Gasteiger partial charge in [-0.15, -0.1) is 0 Å². The molecule has 25 heavy (non-hydrogen) atoms. The third kappa shape index (κ3) is 3.11. The van der Waals surface area contributed by atoms with Crippen LogP contribution in [0.15, 0.2) is 48.8 Å². The molecule has 3 aromatic rings. The van der Waals surface area contributed by atoms with Crippen molar-refractivity contribution in [2.45, 2.75) is 19.1 Å². The van der Waals surface area contributed by atoms with Gasteiger partial charge in [-0.3, -0.25) is 0 Å². The highest BCUT2D eigenvalue weighted by atomic mass is 32.1. The van der Waals surface area contributed by atoms with Crippen LogP contribution in [0.25, 0.3) is 11.1 Å². The maximum absolute atomic E-state index is 12.8. The molecule has 128 valence electrons. The Bertz CT molecular complexity index is 874. The molecule has 0 N–H and O–H groups in total. The summed E-state index contributed by atoms with van der Waals surface area (Å²) in [6.45, 7) is 1.55. The minimum absolute atomic E-state index is 0.622. The quantitative estimate of drug-likeness (QED) is 0.657. The summed E-state index contributed by atoms with van der Waals surface area (Å²) >= 11 is 1.37. The van der Waals surface area contributed by atoms with Crippen molar-refractivity contribution in [2.24, 2.45) is 0 Å². The molecular formula is C18H14F3N3S. The van der Waals surface area contributed by atoms with Crippen molar-refractivity contribution in [2.75, 3.05) is 11.4 Å². The van der Waals surface area contributed by atoms with Gasteiger partial charge in [0.15, 0.2) is 0 Å². The Kier molecular flexibility index (Phi) is 3.95. The van der Waals surface area contributed by atoms with Crippen LogP contribution in [0, 0.1) is 0 Å². The van der Waals surface area contributed by atoms with Crippen molar-refractivity contribution in [3.63, 3.8) is 0 Å². The lowest BCUT2D eigenvalue weighted by molar-refractivity contribution is -0.137. The van der Waals surface area contributed by atoms with Crippen molar-refractivity contribution in [3.8, 4) is 11.1 Å². The van der Waals surface area contributed by atoms with Gasteiger partial charge in [0.1, 0.15) is 6.33 Å². The number of aromatic nitrogens is 2. The number of fused-ring (bicyclic) bond motifs is 1. The maximum Gasteiger partial charge on any atom is 0.416 e. The first kappa shape index (κ1) is 16.1. The van der Waals surface area contributed by atoms with E-state index in [-0.39, 0.29) is 0 Å². The number of alkyl halides is 3. The van der Waals surface area contributed by atoms with Crippen molar-refractivity contribution >= 4 is 16.7 Å². The molecule has 0 fully saturated rings. The monoisotopic (exact) mass is 361 g/mol. The van der Waals surface area contributed by atoms with Crippen LogP contribution in [0.3, 0.4) is 0 Å². The molecule has 0 spiro atoms. The fourth-order valence-electron chi connectivity index (χ4n) is 3.19. The fraction of sp³-hybridized carbons (Fsp3) is 0.222. The molecule has 0 radical (unpaired) electrons. The number of halogens is 3. The van der Waals surface area contributed by atoms with E-state index in [0.717, 1.165) is 47.9 Å². The Morgan fingerprint density at radius 2 is 1.84 bits per heavy atom. The predicted octanol–water partition coefficient (Wildman–Crippen LogP) is 4.79. The molecule has 2 heterocycles. The minimum atomic E-state index is -4.31. The van der Waals surface area contributed by atoms with E-state index < -0.39 is 11.7 Å². The molecule has 7 heteroatoms. The Hall–Kier alpha value is -2.41. The standard InChI is InChI=1S/C18H14F3N3S/c19-18(20,21)14-6-4-12(5-7-14)15-3-1-2-13-10-24(9-8-16(13)15)17-22-11-23-25-17/h1-7,11H,8-10H2. The normalized spacial score (nSPS) is 14.4. The summed E-state index contributed by atoms with van der Waals surface area (Å²) in [5, 5.41) is 0.894. The van der Waals surface area contributed by atoms with Crippen LogP contribution in [0.1, 0.15) is 16.7 Å². The third-order valence-electron chi connectivity index (χ3n) is 4.41. The van der Waals surface area contributed by atoms with Crippen molar-refractivity contribution in [3.05, 3.63) is 65.5 Å². The number of hydrogen-bond acceptors (Lipinski definition) is 4. The Labute approximate surface area is 146 Å². The Balaban J connectivity index is 1.66. The number of nitrogens with zero attached hydrogens (tertiary/aromatic N) is 3.